The minimum Gasteiger partial charge on any atom is -0.464 e. The van der Waals surface area contributed by atoms with Crippen molar-refractivity contribution in [2.75, 3.05) is 26.9 Å². The number of aliphatic hydroxyl groups is 5. The average Bonchev–Trinajstić information content (AvgIpc) is 2.63. The van der Waals surface area contributed by atoms with E-state index in [0.717, 1.165) is 12.8 Å². The number of carbonyl (C=O) groups excluding carboxylic acids is 2. The summed E-state index contributed by atoms with van der Waals surface area (Å²) < 4.78 is 13.6. The van der Waals surface area contributed by atoms with E-state index in [4.69, 9.17) is 25.5 Å². The van der Waals surface area contributed by atoms with E-state index in [9.17, 15) is 9.59 Å². The van der Waals surface area contributed by atoms with E-state index >= 15 is 0 Å². The highest BCUT2D eigenvalue weighted by molar-refractivity contribution is 5.74. The summed E-state index contributed by atoms with van der Waals surface area (Å²) in [7, 11) is 1.56. The van der Waals surface area contributed by atoms with Crippen molar-refractivity contribution in [1.29, 1.82) is 0 Å². The van der Waals surface area contributed by atoms with Gasteiger partial charge in [0.05, 0.1) is 25.9 Å². The summed E-state index contributed by atoms with van der Waals surface area (Å²) in [5.41, 5.74) is 0. The molecule has 0 amide bonds. The van der Waals surface area contributed by atoms with Gasteiger partial charge in [0.2, 0.25) is 0 Å². The molecule has 0 fully saturated rings. The molecule has 3 atom stereocenters. The summed E-state index contributed by atoms with van der Waals surface area (Å²) in [6.45, 7) is 11.0. The van der Waals surface area contributed by atoms with Crippen molar-refractivity contribution in [3.05, 3.63) is 0 Å². The number of rotatable bonds is 9. The number of ether oxygens (including phenoxy) is 3. The van der Waals surface area contributed by atoms with Crippen LogP contribution in [0, 0.1) is 0 Å². The number of hydrogen-bond donors (Lipinski definition) is 5. The maximum Gasteiger partial charge on any atom is 0.334 e. The molecule has 0 aromatic rings. The molecule has 0 saturated carbocycles. The number of esters is 2. The zero-order valence-corrected chi connectivity index (χ0v) is 18.8. The van der Waals surface area contributed by atoms with E-state index in [1.807, 2.05) is 6.92 Å². The van der Waals surface area contributed by atoms with Crippen molar-refractivity contribution < 1.29 is 49.3 Å². The highest BCUT2D eigenvalue weighted by Crippen LogP contribution is 1.91. The van der Waals surface area contributed by atoms with Crippen LogP contribution < -0.4 is 0 Å². The largest absolute Gasteiger partial charge is 0.464 e. The Morgan fingerprint density at radius 2 is 1.24 bits per heavy atom. The molecule has 0 aliphatic heterocycles. The van der Waals surface area contributed by atoms with Crippen LogP contribution in [0.3, 0.4) is 0 Å². The van der Waals surface area contributed by atoms with Crippen molar-refractivity contribution in [1.82, 2.24) is 0 Å². The fourth-order valence-corrected chi connectivity index (χ4v) is 0.942. The topological polar surface area (TPSA) is 163 Å². The van der Waals surface area contributed by atoms with Gasteiger partial charge in [-0.2, -0.15) is 0 Å². The van der Waals surface area contributed by atoms with Crippen LogP contribution >= 0.6 is 0 Å². The molecule has 5 N–H and O–H groups in total. The van der Waals surface area contributed by atoms with Gasteiger partial charge in [-0.15, -0.1) is 0 Å². The quantitative estimate of drug-likeness (QED) is 0.196. The van der Waals surface area contributed by atoms with Crippen LogP contribution in [0.4, 0.5) is 0 Å². The normalized spacial score (nSPS) is 12.6. The number of unbranched alkanes of at least 4 members (excludes halogenated alkanes) is 1. The zero-order chi connectivity index (χ0) is 23.8. The standard InChI is InChI=1S/C7H14O3.C5H10O3.C4H10O2.C3H8O2/c1-3-4-5-10-7(9)6(2)8;1-3-8-5(7)4(2)6;1-4(5)3-6-2;1-2-3(4)5/h6,8H,3-5H2,1-2H3;4,6H,3H2,1-2H3;4-5H,3H2,1-2H3;3-5H,2H2,1H3. The molecule has 0 aliphatic carbocycles. The van der Waals surface area contributed by atoms with Crippen LogP contribution in [0.1, 0.15) is 60.8 Å². The third-order valence-corrected chi connectivity index (χ3v) is 2.48. The van der Waals surface area contributed by atoms with Crippen LogP contribution in [0.2, 0.25) is 0 Å². The van der Waals surface area contributed by atoms with Crippen LogP contribution in [-0.2, 0) is 23.8 Å². The Bertz CT molecular complexity index is 344. The molecule has 0 aromatic heterocycles. The third kappa shape index (κ3) is 42.0. The van der Waals surface area contributed by atoms with Crippen LogP contribution in [-0.4, -0.2) is 89.0 Å². The van der Waals surface area contributed by atoms with E-state index in [2.05, 4.69) is 14.2 Å². The molecule has 10 heteroatoms. The zero-order valence-electron chi connectivity index (χ0n) is 18.8. The summed E-state index contributed by atoms with van der Waals surface area (Å²) in [6, 6.07) is 0. The molecule has 0 spiro atoms. The predicted octanol–water partition coefficient (Wildman–Crippen LogP) is 0.362. The van der Waals surface area contributed by atoms with Crippen molar-refractivity contribution in [2.24, 2.45) is 0 Å². The molecule has 0 radical (unpaired) electrons. The smallest absolute Gasteiger partial charge is 0.334 e. The lowest BCUT2D eigenvalue weighted by molar-refractivity contribution is -0.153. The molecule has 0 bridgehead atoms. The molecule has 0 rings (SSSR count). The molecule has 178 valence electrons. The van der Waals surface area contributed by atoms with Gasteiger partial charge in [0.1, 0.15) is 12.2 Å². The molecule has 29 heavy (non-hydrogen) atoms. The number of aliphatic hydroxyl groups excluding tert-OH is 4. The van der Waals surface area contributed by atoms with Crippen molar-refractivity contribution in [2.45, 2.75) is 85.4 Å². The lowest BCUT2D eigenvalue weighted by atomic mass is 10.3. The molecular weight excluding hydrogens is 388 g/mol. The van der Waals surface area contributed by atoms with Gasteiger partial charge in [-0.3, -0.25) is 0 Å². The van der Waals surface area contributed by atoms with Gasteiger partial charge in [-0.05, 0) is 40.5 Å². The van der Waals surface area contributed by atoms with Gasteiger partial charge in [0, 0.05) is 7.11 Å². The maximum atomic E-state index is 10.5. The molecule has 0 aromatic carbocycles. The highest BCUT2D eigenvalue weighted by atomic mass is 16.5. The van der Waals surface area contributed by atoms with Gasteiger partial charge in [-0.25, -0.2) is 9.59 Å². The lowest BCUT2D eigenvalue weighted by Gasteiger charge is -2.04. The molecular formula is C19H42O10. The minimum absolute atomic E-state index is 0.323. The summed E-state index contributed by atoms with van der Waals surface area (Å²) in [5, 5.41) is 41.4. The van der Waals surface area contributed by atoms with Gasteiger partial charge < -0.3 is 39.7 Å². The fourth-order valence-electron chi connectivity index (χ4n) is 0.942. The van der Waals surface area contributed by atoms with Crippen LogP contribution in [0.15, 0.2) is 0 Å². The second kappa shape index (κ2) is 26.7. The maximum absolute atomic E-state index is 10.5. The summed E-state index contributed by atoms with van der Waals surface area (Å²) in [6.07, 6.45) is -1.15. The number of methoxy groups -OCH3 is 1. The lowest BCUT2D eigenvalue weighted by Crippen LogP contribution is -2.19. The molecule has 0 heterocycles. The van der Waals surface area contributed by atoms with Crippen LogP contribution in [0.25, 0.3) is 0 Å². The molecule has 3 unspecified atom stereocenters. The van der Waals surface area contributed by atoms with E-state index in [-0.39, 0.29) is 6.10 Å². The third-order valence-electron chi connectivity index (χ3n) is 2.48. The highest BCUT2D eigenvalue weighted by Gasteiger charge is 2.08. The second-order valence-electron chi connectivity index (χ2n) is 5.82. The first-order chi connectivity index (χ1) is 13.4. The minimum atomic E-state index is -1.12. The summed E-state index contributed by atoms with van der Waals surface area (Å²) in [5.74, 6) is -1.10. The first-order valence-electron chi connectivity index (χ1n) is 9.63. The number of hydrogen-bond acceptors (Lipinski definition) is 10. The summed E-state index contributed by atoms with van der Waals surface area (Å²) in [4.78, 5) is 20.8. The predicted molar refractivity (Wildman–Crippen MR) is 108 cm³/mol. The van der Waals surface area contributed by atoms with Crippen LogP contribution in [0.5, 0.6) is 0 Å². The van der Waals surface area contributed by atoms with Gasteiger partial charge >= 0.3 is 11.9 Å². The first kappa shape index (κ1) is 35.2. The SMILES string of the molecule is CCC(O)O.CCCCOC(=O)C(C)O.CCOC(=O)C(C)O.COCC(C)O. The first-order valence-corrected chi connectivity index (χ1v) is 9.63. The Kier molecular flexibility index (Phi) is 32.4. The Labute approximate surface area is 174 Å². The van der Waals surface area contributed by atoms with E-state index in [1.54, 1.807) is 27.9 Å². The van der Waals surface area contributed by atoms with E-state index < -0.39 is 30.4 Å². The van der Waals surface area contributed by atoms with E-state index in [1.165, 1.54) is 13.8 Å². The Morgan fingerprint density at radius 3 is 1.41 bits per heavy atom. The molecule has 0 aliphatic rings. The Balaban J connectivity index is -0.000000149. The average molecular weight is 431 g/mol. The number of carbonyl (C=O) groups is 2. The second-order valence-corrected chi connectivity index (χ2v) is 5.82. The van der Waals surface area contributed by atoms with Crippen molar-refractivity contribution in [3.63, 3.8) is 0 Å². The monoisotopic (exact) mass is 430 g/mol. The van der Waals surface area contributed by atoms with Crippen molar-refractivity contribution in [3.8, 4) is 0 Å². The van der Waals surface area contributed by atoms with Gasteiger partial charge in [0.15, 0.2) is 6.29 Å². The van der Waals surface area contributed by atoms with E-state index in [0.29, 0.717) is 26.2 Å². The van der Waals surface area contributed by atoms with Crippen molar-refractivity contribution >= 4 is 11.9 Å². The van der Waals surface area contributed by atoms with Gasteiger partial charge in [0.25, 0.3) is 0 Å². The molecule has 0 saturated heterocycles. The fraction of sp³-hybridized carbons (Fsp3) is 0.895. The summed E-state index contributed by atoms with van der Waals surface area (Å²) >= 11 is 0. The molecule has 10 nitrogen and oxygen atoms in total. The Hall–Kier alpha value is -1.30. The Morgan fingerprint density at radius 1 is 0.828 bits per heavy atom. The van der Waals surface area contributed by atoms with Gasteiger partial charge in [-0.1, -0.05) is 20.3 Å².